The van der Waals surface area contributed by atoms with Crippen LogP contribution < -0.4 is 5.73 Å². The van der Waals surface area contributed by atoms with Gasteiger partial charge < -0.3 is 10.3 Å². The lowest BCUT2D eigenvalue weighted by atomic mass is 9.95. The summed E-state index contributed by atoms with van der Waals surface area (Å²) in [6, 6.07) is 10.5. The van der Waals surface area contributed by atoms with Crippen molar-refractivity contribution in [2.24, 2.45) is 5.73 Å². The lowest BCUT2D eigenvalue weighted by Crippen LogP contribution is -2.10. The van der Waals surface area contributed by atoms with Crippen LogP contribution in [0.4, 0.5) is 0 Å². The van der Waals surface area contributed by atoms with Gasteiger partial charge in [0, 0.05) is 6.42 Å². The molecule has 19 heavy (non-hydrogen) atoms. The van der Waals surface area contributed by atoms with Crippen molar-refractivity contribution in [3.63, 3.8) is 0 Å². The van der Waals surface area contributed by atoms with Gasteiger partial charge in [0.1, 0.15) is 0 Å². The Hall–Kier alpha value is -1.68. The summed E-state index contributed by atoms with van der Waals surface area (Å²) >= 11 is 0. The molecule has 1 heterocycles. The van der Waals surface area contributed by atoms with Crippen molar-refractivity contribution in [1.82, 2.24) is 10.1 Å². The van der Waals surface area contributed by atoms with Gasteiger partial charge in [0.15, 0.2) is 5.82 Å². The maximum atomic E-state index is 5.49. The maximum absolute atomic E-state index is 5.49. The highest BCUT2D eigenvalue weighted by Crippen LogP contribution is 2.52. The van der Waals surface area contributed by atoms with Crippen LogP contribution in [-0.2, 0) is 11.8 Å². The molecule has 4 nitrogen and oxygen atoms in total. The van der Waals surface area contributed by atoms with Crippen molar-refractivity contribution >= 4 is 0 Å². The smallest absolute Gasteiger partial charge is 0.226 e. The first-order valence-corrected chi connectivity index (χ1v) is 6.94. The fourth-order valence-corrected chi connectivity index (χ4v) is 2.49. The molecule has 1 aromatic heterocycles. The van der Waals surface area contributed by atoms with Crippen molar-refractivity contribution in [3.05, 3.63) is 47.6 Å². The molecule has 1 saturated carbocycles. The average Bonchev–Trinajstić information content (AvgIpc) is 3.14. The van der Waals surface area contributed by atoms with Gasteiger partial charge in [-0.15, -0.1) is 0 Å². The molecule has 0 atom stereocenters. The molecule has 100 valence electrons. The summed E-state index contributed by atoms with van der Waals surface area (Å²) in [6.45, 7) is 0.717. The molecule has 0 unspecified atom stereocenters. The number of rotatable bonds is 6. The maximum Gasteiger partial charge on any atom is 0.226 e. The summed E-state index contributed by atoms with van der Waals surface area (Å²) in [5.74, 6) is 1.59. The molecule has 1 aliphatic carbocycles. The summed E-state index contributed by atoms with van der Waals surface area (Å²) in [5, 5.41) is 4.19. The monoisotopic (exact) mass is 257 g/mol. The molecule has 0 bridgehead atoms. The van der Waals surface area contributed by atoms with Gasteiger partial charge in [-0.3, -0.25) is 0 Å². The van der Waals surface area contributed by atoms with Gasteiger partial charge in [-0.2, -0.15) is 4.98 Å². The Labute approximate surface area is 113 Å². The third kappa shape index (κ3) is 2.40. The van der Waals surface area contributed by atoms with Crippen LogP contribution >= 0.6 is 0 Å². The summed E-state index contributed by atoms with van der Waals surface area (Å²) in [4.78, 5) is 4.57. The van der Waals surface area contributed by atoms with Gasteiger partial charge in [-0.05, 0) is 37.8 Å². The van der Waals surface area contributed by atoms with Crippen LogP contribution in [0.15, 0.2) is 34.9 Å². The standard InChI is InChI=1S/C15H19N3O/c16-11-5-4-8-13-17-14(18-19-13)15(9-10-15)12-6-2-1-3-7-12/h1-3,6-7H,4-5,8-11,16H2. The second kappa shape index (κ2) is 5.13. The second-order valence-corrected chi connectivity index (χ2v) is 5.21. The minimum absolute atomic E-state index is 0.0108. The van der Waals surface area contributed by atoms with E-state index in [1.165, 1.54) is 5.56 Å². The van der Waals surface area contributed by atoms with Crippen molar-refractivity contribution in [2.75, 3.05) is 6.54 Å². The van der Waals surface area contributed by atoms with Crippen LogP contribution in [0.2, 0.25) is 0 Å². The van der Waals surface area contributed by atoms with Gasteiger partial charge in [0.05, 0.1) is 5.41 Å². The Morgan fingerprint density at radius 1 is 1.16 bits per heavy atom. The average molecular weight is 257 g/mol. The largest absolute Gasteiger partial charge is 0.339 e. The van der Waals surface area contributed by atoms with Gasteiger partial charge in [-0.25, -0.2) is 0 Å². The van der Waals surface area contributed by atoms with Crippen LogP contribution in [0.1, 0.15) is 43.0 Å². The van der Waals surface area contributed by atoms with Gasteiger partial charge in [0.25, 0.3) is 0 Å². The topological polar surface area (TPSA) is 64.9 Å². The Morgan fingerprint density at radius 3 is 2.63 bits per heavy atom. The minimum Gasteiger partial charge on any atom is -0.339 e. The first-order chi connectivity index (χ1) is 9.35. The van der Waals surface area contributed by atoms with E-state index in [1.54, 1.807) is 0 Å². The van der Waals surface area contributed by atoms with E-state index in [-0.39, 0.29) is 5.41 Å². The SMILES string of the molecule is NCCCCc1nc(C2(c3ccccc3)CC2)no1. The number of aryl methyl sites for hydroxylation is 1. The molecule has 0 radical (unpaired) electrons. The number of nitrogens with two attached hydrogens (primary N) is 1. The third-order valence-corrected chi connectivity index (χ3v) is 3.82. The van der Waals surface area contributed by atoms with E-state index in [9.17, 15) is 0 Å². The van der Waals surface area contributed by atoms with E-state index >= 15 is 0 Å². The lowest BCUT2D eigenvalue weighted by molar-refractivity contribution is 0.367. The number of hydrogen-bond acceptors (Lipinski definition) is 4. The molecule has 4 heteroatoms. The molecule has 0 aliphatic heterocycles. The van der Waals surface area contributed by atoms with Crippen LogP contribution in [0.3, 0.4) is 0 Å². The lowest BCUT2D eigenvalue weighted by Gasteiger charge is -2.09. The zero-order valence-electron chi connectivity index (χ0n) is 11.0. The highest BCUT2D eigenvalue weighted by atomic mass is 16.5. The van der Waals surface area contributed by atoms with Crippen molar-refractivity contribution in [3.8, 4) is 0 Å². The van der Waals surface area contributed by atoms with E-state index in [4.69, 9.17) is 10.3 Å². The predicted octanol–water partition coefficient (Wildman–Crippen LogP) is 2.43. The normalized spacial score (nSPS) is 16.5. The first-order valence-electron chi connectivity index (χ1n) is 6.94. The van der Waals surface area contributed by atoms with Crippen molar-refractivity contribution < 1.29 is 4.52 Å². The fraction of sp³-hybridized carbons (Fsp3) is 0.467. The Balaban J connectivity index is 1.76. The van der Waals surface area contributed by atoms with Crippen LogP contribution in [0.5, 0.6) is 0 Å². The molecular weight excluding hydrogens is 238 g/mol. The summed E-state index contributed by atoms with van der Waals surface area (Å²) < 4.78 is 5.36. The molecule has 0 amide bonds. The summed E-state index contributed by atoms with van der Waals surface area (Å²) in [6.07, 6.45) is 5.06. The summed E-state index contributed by atoms with van der Waals surface area (Å²) in [5.41, 5.74) is 6.79. The molecular formula is C15H19N3O. The van der Waals surface area contributed by atoms with E-state index in [0.717, 1.165) is 50.4 Å². The Bertz CT molecular complexity index is 531. The zero-order valence-corrected chi connectivity index (χ0v) is 11.0. The molecule has 3 rings (SSSR count). The number of hydrogen-bond donors (Lipinski definition) is 1. The summed E-state index contributed by atoms with van der Waals surface area (Å²) in [7, 11) is 0. The first kappa shape index (κ1) is 12.4. The van der Waals surface area contributed by atoms with Crippen molar-refractivity contribution in [2.45, 2.75) is 37.5 Å². The minimum atomic E-state index is 0.0108. The van der Waals surface area contributed by atoms with E-state index < -0.39 is 0 Å². The van der Waals surface area contributed by atoms with Gasteiger partial charge >= 0.3 is 0 Å². The molecule has 2 aromatic rings. The molecule has 1 aromatic carbocycles. The predicted molar refractivity (Wildman–Crippen MR) is 72.7 cm³/mol. The highest BCUT2D eigenvalue weighted by molar-refractivity contribution is 5.38. The van der Waals surface area contributed by atoms with E-state index in [1.807, 2.05) is 6.07 Å². The number of unbranched alkanes of at least 4 members (excludes halogenated alkanes) is 1. The Kier molecular flexibility index (Phi) is 3.34. The molecule has 1 aliphatic rings. The molecule has 0 saturated heterocycles. The highest BCUT2D eigenvalue weighted by Gasteiger charge is 2.49. The molecule has 2 N–H and O–H groups in total. The Morgan fingerprint density at radius 2 is 1.95 bits per heavy atom. The quantitative estimate of drug-likeness (QED) is 0.807. The van der Waals surface area contributed by atoms with Crippen molar-refractivity contribution in [1.29, 1.82) is 0 Å². The number of benzene rings is 1. The number of nitrogens with zero attached hydrogens (tertiary/aromatic N) is 2. The van der Waals surface area contributed by atoms with Crippen LogP contribution in [0.25, 0.3) is 0 Å². The van der Waals surface area contributed by atoms with E-state index in [0.29, 0.717) is 0 Å². The van der Waals surface area contributed by atoms with E-state index in [2.05, 4.69) is 34.4 Å². The zero-order chi connectivity index (χ0) is 13.1. The number of aromatic nitrogens is 2. The second-order valence-electron chi connectivity index (χ2n) is 5.21. The van der Waals surface area contributed by atoms with Gasteiger partial charge in [-0.1, -0.05) is 35.5 Å². The van der Waals surface area contributed by atoms with Crippen LogP contribution in [0, 0.1) is 0 Å². The molecule has 1 fully saturated rings. The molecule has 0 spiro atoms. The van der Waals surface area contributed by atoms with Gasteiger partial charge in [0.2, 0.25) is 5.89 Å². The third-order valence-electron chi connectivity index (χ3n) is 3.82. The fourth-order valence-electron chi connectivity index (χ4n) is 2.49. The van der Waals surface area contributed by atoms with Crippen LogP contribution in [-0.4, -0.2) is 16.7 Å².